The smallest absolute Gasteiger partial charge is 0.230 e. The van der Waals surface area contributed by atoms with E-state index >= 15 is 0 Å². The van der Waals surface area contributed by atoms with E-state index in [0.717, 1.165) is 36.3 Å². The van der Waals surface area contributed by atoms with Crippen molar-refractivity contribution in [3.8, 4) is 0 Å². The fraction of sp³-hybridized carbons (Fsp3) is 0.500. The lowest BCUT2D eigenvalue weighted by molar-refractivity contribution is -0.118. The minimum absolute atomic E-state index is 0.0555. The molecule has 0 aliphatic carbocycles. The molecule has 0 spiro atoms. The molecule has 1 amide bonds. The van der Waals surface area contributed by atoms with Gasteiger partial charge in [0.2, 0.25) is 5.91 Å². The molecule has 1 aromatic rings. The normalized spacial score (nSPS) is 10.3. The number of thioether (sulfide) groups is 1. The number of hydrogen-bond acceptors (Lipinski definition) is 3. The first kappa shape index (κ1) is 16.8. The van der Waals surface area contributed by atoms with Crippen LogP contribution in [0.3, 0.4) is 0 Å². The van der Waals surface area contributed by atoms with Crippen LogP contribution in [0, 0.1) is 0 Å². The number of amides is 1. The van der Waals surface area contributed by atoms with Gasteiger partial charge in [0.1, 0.15) is 0 Å². The van der Waals surface area contributed by atoms with Crippen molar-refractivity contribution >= 4 is 23.5 Å². The number of unbranched alkanes of at least 4 members (excludes halogenated alkanes) is 1. The van der Waals surface area contributed by atoms with E-state index in [1.165, 1.54) is 11.8 Å². The Hall–Kier alpha value is -1.29. The van der Waals surface area contributed by atoms with Gasteiger partial charge in [-0.15, -0.1) is 11.8 Å². The largest absolute Gasteiger partial charge is 0.355 e. The number of benzene rings is 1. The second-order valence-electron chi connectivity index (χ2n) is 4.69. The van der Waals surface area contributed by atoms with Crippen LogP contribution in [-0.2, 0) is 4.79 Å². The third-order valence-electron chi connectivity index (χ3n) is 2.88. The molecule has 0 atom stereocenters. The Morgan fingerprint density at radius 1 is 1.10 bits per heavy atom. The first-order chi connectivity index (χ1) is 9.67. The van der Waals surface area contributed by atoms with Crippen LogP contribution in [0.2, 0.25) is 0 Å². The van der Waals surface area contributed by atoms with Crippen LogP contribution < -0.4 is 5.32 Å². The van der Waals surface area contributed by atoms with Gasteiger partial charge in [-0.3, -0.25) is 9.59 Å². The standard InChI is InChI=1S/C16H23NO2S/c1-3-5-6-15(18)13-7-9-14(10-8-13)20-12-16(19)17-11-4-2/h7-10H,3-6,11-12H2,1-2H3,(H,17,19). The van der Waals surface area contributed by atoms with Crippen molar-refractivity contribution in [3.05, 3.63) is 29.8 Å². The second-order valence-corrected chi connectivity index (χ2v) is 5.74. The van der Waals surface area contributed by atoms with Crippen molar-refractivity contribution in [1.82, 2.24) is 5.32 Å². The van der Waals surface area contributed by atoms with Crippen LogP contribution in [0.5, 0.6) is 0 Å². The molecule has 0 unspecified atom stereocenters. The van der Waals surface area contributed by atoms with E-state index in [9.17, 15) is 9.59 Å². The van der Waals surface area contributed by atoms with Gasteiger partial charge in [0.15, 0.2) is 5.78 Å². The van der Waals surface area contributed by atoms with E-state index in [0.29, 0.717) is 12.2 Å². The molecule has 0 bridgehead atoms. The van der Waals surface area contributed by atoms with Crippen molar-refractivity contribution in [2.45, 2.75) is 44.4 Å². The van der Waals surface area contributed by atoms with Crippen LogP contribution in [0.15, 0.2) is 29.2 Å². The highest BCUT2D eigenvalue weighted by molar-refractivity contribution is 8.00. The van der Waals surface area contributed by atoms with Gasteiger partial charge >= 0.3 is 0 Å². The minimum atomic E-state index is 0.0555. The number of hydrogen-bond donors (Lipinski definition) is 1. The molecule has 0 aliphatic heterocycles. The lowest BCUT2D eigenvalue weighted by atomic mass is 10.1. The molecule has 110 valence electrons. The molecule has 0 aromatic heterocycles. The number of rotatable bonds is 9. The van der Waals surface area contributed by atoms with E-state index in [-0.39, 0.29) is 11.7 Å². The van der Waals surface area contributed by atoms with Crippen molar-refractivity contribution in [3.63, 3.8) is 0 Å². The van der Waals surface area contributed by atoms with Gasteiger partial charge in [0.05, 0.1) is 5.75 Å². The molecule has 1 rings (SSSR count). The van der Waals surface area contributed by atoms with Crippen molar-refractivity contribution in [2.24, 2.45) is 0 Å². The Morgan fingerprint density at radius 2 is 1.80 bits per heavy atom. The highest BCUT2D eigenvalue weighted by Gasteiger charge is 2.06. The quantitative estimate of drug-likeness (QED) is 0.558. The molecule has 0 heterocycles. The summed E-state index contributed by atoms with van der Waals surface area (Å²) in [7, 11) is 0. The van der Waals surface area contributed by atoms with Crippen LogP contribution >= 0.6 is 11.8 Å². The average Bonchev–Trinajstić information content (AvgIpc) is 2.49. The summed E-state index contributed by atoms with van der Waals surface area (Å²) in [6.07, 6.45) is 3.53. The SMILES string of the molecule is CCCCC(=O)c1ccc(SCC(=O)NCCC)cc1. The maximum Gasteiger partial charge on any atom is 0.230 e. The highest BCUT2D eigenvalue weighted by atomic mass is 32.2. The van der Waals surface area contributed by atoms with Gasteiger partial charge in [-0.25, -0.2) is 0 Å². The summed E-state index contributed by atoms with van der Waals surface area (Å²) in [6, 6.07) is 7.53. The summed E-state index contributed by atoms with van der Waals surface area (Å²) in [5.41, 5.74) is 0.762. The van der Waals surface area contributed by atoms with Crippen molar-refractivity contribution in [2.75, 3.05) is 12.3 Å². The maximum absolute atomic E-state index is 11.8. The molecule has 0 aliphatic rings. The van der Waals surface area contributed by atoms with Gasteiger partial charge in [0, 0.05) is 23.4 Å². The van der Waals surface area contributed by atoms with Crippen LogP contribution in [-0.4, -0.2) is 24.0 Å². The van der Waals surface area contributed by atoms with Crippen LogP contribution in [0.4, 0.5) is 0 Å². The Kier molecular flexibility index (Phi) is 8.04. The van der Waals surface area contributed by atoms with Gasteiger partial charge in [-0.05, 0) is 25.0 Å². The summed E-state index contributed by atoms with van der Waals surface area (Å²) in [5, 5.41) is 2.84. The third kappa shape index (κ3) is 6.24. The zero-order valence-corrected chi connectivity index (χ0v) is 13.1. The number of nitrogens with one attached hydrogen (secondary N) is 1. The van der Waals surface area contributed by atoms with Crippen LogP contribution in [0.1, 0.15) is 49.9 Å². The highest BCUT2D eigenvalue weighted by Crippen LogP contribution is 2.19. The van der Waals surface area contributed by atoms with E-state index in [1.54, 1.807) is 0 Å². The Morgan fingerprint density at radius 3 is 2.40 bits per heavy atom. The summed E-state index contributed by atoms with van der Waals surface area (Å²) < 4.78 is 0. The van der Waals surface area contributed by atoms with Crippen molar-refractivity contribution in [1.29, 1.82) is 0 Å². The fourth-order valence-corrected chi connectivity index (χ4v) is 2.41. The predicted octanol–water partition coefficient (Wildman–Crippen LogP) is 3.68. The van der Waals surface area contributed by atoms with Gasteiger partial charge in [-0.1, -0.05) is 32.4 Å². The second kappa shape index (κ2) is 9.59. The summed E-state index contributed by atoms with van der Waals surface area (Å²) >= 11 is 1.49. The lowest BCUT2D eigenvalue weighted by Gasteiger charge is -2.05. The molecule has 1 aromatic carbocycles. The molecular weight excluding hydrogens is 270 g/mol. The number of carbonyl (C=O) groups excluding carboxylic acids is 2. The first-order valence-corrected chi connectivity index (χ1v) is 8.18. The number of carbonyl (C=O) groups is 2. The lowest BCUT2D eigenvalue weighted by Crippen LogP contribution is -2.25. The molecule has 1 N–H and O–H groups in total. The number of Topliss-reactive ketones (excluding diaryl/α,β-unsaturated/α-hetero) is 1. The molecule has 0 radical (unpaired) electrons. The molecule has 4 heteroatoms. The zero-order valence-electron chi connectivity index (χ0n) is 12.3. The monoisotopic (exact) mass is 293 g/mol. The minimum Gasteiger partial charge on any atom is -0.355 e. The maximum atomic E-state index is 11.8. The third-order valence-corrected chi connectivity index (χ3v) is 3.89. The van der Waals surface area contributed by atoms with E-state index in [4.69, 9.17) is 0 Å². The van der Waals surface area contributed by atoms with Crippen molar-refractivity contribution < 1.29 is 9.59 Å². The number of ketones is 1. The average molecular weight is 293 g/mol. The van der Waals surface area contributed by atoms with E-state index in [1.807, 2.05) is 31.2 Å². The summed E-state index contributed by atoms with van der Waals surface area (Å²) in [5.74, 6) is 0.674. The Bertz CT molecular complexity index is 429. The zero-order chi connectivity index (χ0) is 14.8. The predicted molar refractivity (Wildman–Crippen MR) is 84.3 cm³/mol. The van der Waals surface area contributed by atoms with Gasteiger partial charge in [0.25, 0.3) is 0 Å². The molecule has 0 saturated heterocycles. The van der Waals surface area contributed by atoms with E-state index < -0.39 is 0 Å². The molecule has 3 nitrogen and oxygen atoms in total. The molecule has 0 fully saturated rings. The van der Waals surface area contributed by atoms with Gasteiger partial charge in [-0.2, -0.15) is 0 Å². The first-order valence-electron chi connectivity index (χ1n) is 7.20. The fourth-order valence-electron chi connectivity index (χ4n) is 1.68. The molecular formula is C16H23NO2S. The molecule has 0 saturated carbocycles. The Balaban J connectivity index is 2.42. The van der Waals surface area contributed by atoms with Crippen LogP contribution in [0.25, 0.3) is 0 Å². The summed E-state index contributed by atoms with van der Waals surface area (Å²) in [4.78, 5) is 24.3. The Labute approximate surface area is 125 Å². The van der Waals surface area contributed by atoms with E-state index in [2.05, 4.69) is 12.2 Å². The molecule has 20 heavy (non-hydrogen) atoms. The van der Waals surface area contributed by atoms with Gasteiger partial charge < -0.3 is 5.32 Å². The summed E-state index contributed by atoms with van der Waals surface area (Å²) in [6.45, 7) is 4.84. The topological polar surface area (TPSA) is 46.2 Å².